The number of rotatable bonds is 9. The number of halogens is 1. The van der Waals surface area contributed by atoms with Gasteiger partial charge in [-0.05, 0) is 74.3 Å². The van der Waals surface area contributed by atoms with Gasteiger partial charge in [-0.1, -0.05) is 42.5 Å². The Hall–Kier alpha value is -3.71. The van der Waals surface area contributed by atoms with Gasteiger partial charge in [-0.2, -0.15) is 5.10 Å². The molecule has 1 N–H and O–H groups in total. The number of carbonyl (C=O) groups excluding carboxylic acids is 1. The van der Waals surface area contributed by atoms with Crippen molar-refractivity contribution >= 4 is 11.6 Å². The highest BCUT2D eigenvalue weighted by molar-refractivity contribution is 5.99. The first-order chi connectivity index (χ1) is 17.5. The molecule has 36 heavy (non-hydrogen) atoms. The quantitative estimate of drug-likeness (QED) is 0.333. The fourth-order valence-corrected chi connectivity index (χ4v) is 4.24. The molecule has 1 fully saturated rings. The van der Waals surface area contributed by atoms with Crippen LogP contribution in [0.3, 0.4) is 0 Å². The minimum absolute atomic E-state index is 0.0643. The average Bonchev–Trinajstić information content (AvgIpc) is 2.92. The summed E-state index contributed by atoms with van der Waals surface area (Å²) in [7, 11) is 1.60. The molecule has 0 aliphatic carbocycles. The predicted octanol–water partition coefficient (Wildman–Crippen LogP) is 5.17. The third-order valence-electron chi connectivity index (χ3n) is 6.43. The average molecular weight is 490 g/mol. The molecular formula is C29H32FN3O3. The predicted molar refractivity (Wildman–Crippen MR) is 139 cm³/mol. The molecule has 0 spiro atoms. The number of ether oxygens (including phenoxy) is 2. The van der Waals surface area contributed by atoms with Crippen LogP contribution in [0.2, 0.25) is 0 Å². The summed E-state index contributed by atoms with van der Waals surface area (Å²) >= 11 is 0. The molecule has 0 unspecified atom stereocenters. The Kier molecular flexibility index (Phi) is 8.68. The van der Waals surface area contributed by atoms with E-state index in [9.17, 15) is 9.18 Å². The van der Waals surface area contributed by atoms with Crippen molar-refractivity contribution in [2.45, 2.75) is 32.9 Å². The number of piperidine rings is 1. The van der Waals surface area contributed by atoms with Crippen molar-refractivity contribution < 1.29 is 18.7 Å². The number of hydrogen-bond acceptors (Lipinski definition) is 5. The first-order valence-corrected chi connectivity index (χ1v) is 12.2. The number of hydrazone groups is 1. The Morgan fingerprint density at radius 2 is 1.72 bits per heavy atom. The summed E-state index contributed by atoms with van der Waals surface area (Å²) in [5, 5.41) is 4.33. The summed E-state index contributed by atoms with van der Waals surface area (Å²) in [6.45, 7) is 4.70. The molecule has 188 valence electrons. The number of carbonyl (C=O) groups is 1. The van der Waals surface area contributed by atoms with Gasteiger partial charge >= 0.3 is 0 Å². The van der Waals surface area contributed by atoms with E-state index >= 15 is 0 Å². The molecule has 0 radical (unpaired) electrons. The SMILES string of the molecule is COc1cc(/C(C)=N/NC(=O)C2CCN(Cc3ccc(F)cc3)CC2)ccc1OCc1ccccc1. The lowest BCUT2D eigenvalue weighted by Gasteiger charge is -2.30. The summed E-state index contributed by atoms with van der Waals surface area (Å²) in [5.74, 6) is 0.891. The van der Waals surface area contributed by atoms with Gasteiger partial charge in [-0.25, -0.2) is 9.82 Å². The number of likely N-dealkylation sites (tertiary alicyclic amines) is 1. The number of amides is 1. The molecule has 0 bridgehead atoms. The number of nitrogens with zero attached hydrogens (tertiary/aromatic N) is 2. The van der Waals surface area contributed by atoms with Crippen LogP contribution < -0.4 is 14.9 Å². The first kappa shape index (κ1) is 25.4. The van der Waals surface area contributed by atoms with Crippen LogP contribution in [0.5, 0.6) is 11.5 Å². The standard InChI is InChI=1S/C29H32FN3O3/c1-21(25-10-13-27(28(18-25)35-2)36-20-23-6-4-3-5-7-23)31-32-29(34)24-14-16-33(17-15-24)19-22-8-11-26(30)12-9-22/h3-13,18,24H,14-17,19-20H2,1-2H3,(H,32,34)/b31-21+. The van der Waals surface area contributed by atoms with Crippen molar-refractivity contribution in [2.75, 3.05) is 20.2 Å². The molecule has 1 aliphatic heterocycles. The fraction of sp³-hybridized carbons (Fsp3) is 0.310. The second-order valence-corrected chi connectivity index (χ2v) is 8.99. The Morgan fingerprint density at radius 1 is 1.00 bits per heavy atom. The van der Waals surface area contributed by atoms with Gasteiger partial charge in [0.25, 0.3) is 0 Å². The Balaban J connectivity index is 1.28. The maximum Gasteiger partial charge on any atom is 0.243 e. The highest BCUT2D eigenvalue weighted by Crippen LogP contribution is 2.29. The number of methoxy groups -OCH3 is 1. The van der Waals surface area contributed by atoms with Crippen LogP contribution in [-0.2, 0) is 17.9 Å². The number of hydrogen-bond donors (Lipinski definition) is 1. The summed E-state index contributed by atoms with van der Waals surface area (Å²) in [4.78, 5) is 15.0. The summed E-state index contributed by atoms with van der Waals surface area (Å²) < 4.78 is 24.5. The molecule has 1 heterocycles. The van der Waals surface area contributed by atoms with E-state index in [4.69, 9.17) is 9.47 Å². The molecule has 1 saturated heterocycles. The molecule has 7 heteroatoms. The lowest BCUT2D eigenvalue weighted by molar-refractivity contribution is -0.126. The molecule has 0 aromatic heterocycles. The van der Waals surface area contributed by atoms with Crippen molar-refractivity contribution in [2.24, 2.45) is 11.0 Å². The van der Waals surface area contributed by atoms with E-state index in [2.05, 4.69) is 15.4 Å². The van der Waals surface area contributed by atoms with Crippen molar-refractivity contribution in [1.82, 2.24) is 10.3 Å². The van der Waals surface area contributed by atoms with E-state index in [1.807, 2.05) is 67.6 Å². The van der Waals surface area contributed by atoms with Gasteiger partial charge in [0.05, 0.1) is 12.8 Å². The minimum atomic E-state index is -0.226. The van der Waals surface area contributed by atoms with Crippen molar-refractivity contribution in [1.29, 1.82) is 0 Å². The highest BCUT2D eigenvalue weighted by atomic mass is 19.1. The van der Waals surface area contributed by atoms with E-state index in [0.717, 1.165) is 49.2 Å². The van der Waals surface area contributed by atoms with Gasteiger partial charge in [0.2, 0.25) is 5.91 Å². The summed E-state index contributed by atoms with van der Waals surface area (Å²) in [6, 6.07) is 22.1. The van der Waals surface area contributed by atoms with Gasteiger partial charge in [-0.15, -0.1) is 0 Å². The monoisotopic (exact) mass is 489 g/mol. The second-order valence-electron chi connectivity index (χ2n) is 8.99. The molecule has 0 saturated carbocycles. The van der Waals surface area contributed by atoms with Crippen molar-refractivity contribution in [3.05, 3.63) is 95.3 Å². The lowest BCUT2D eigenvalue weighted by atomic mass is 9.96. The molecule has 1 aliphatic rings. The van der Waals surface area contributed by atoms with Gasteiger partial charge in [0.15, 0.2) is 11.5 Å². The molecule has 1 amide bonds. The Labute approximate surface area is 211 Å². The Morgan fingerprint density at radius 3 is 2.42 bits per heavy atom. The zero-order valence-corrected chi connectivity index (χ0v) is 20.7. The minimum Gasteiger partial charge on any atom is -0.493 e. The van der Waals surface area contributed by atoms with Gasteiger partial charge in [0, 0.05) is 18.0 Å². The van der Waals surface area contributed by atoms with Crippen LogP contribution in [-0.4, -0.2) is 36.7 Å². The van der Waals surface area contributed by atoms with Gasteiger partial charge in [0.1, 0.15) is 12.4 Å². The highest BCUT2D eigenvalue weighted by Gasteiger charge is 2.25. The third kappa shape index (κ3) is 6.92. The van der Waals surface area contributed by atoms with Crippen molar-refractivity contribution in [3.8, 4) is 11.5 Å². The Bertz CT molecular complexity index is 1170. The van der Waals surface area contributed by atoms with E-state index in [-0.39, 0.29) is 17.6 Å². The zero-order chi connectivity index (χ0) is 25.3. The normalized spacial score (nSPS) is 14.9. The van der Waals surface area contributed by atoms with E-state index in [1.165, 1.54) is 12.1 Å². The smallest absolute Gasteiger partial charge is 0.243 e. The maximum absolute atomic E-state index is 13.1. The van der Waals surface area contributed by atoms with Crippen LogP contribution in [0.1, 0.15) is 36.5 Å². The van der Waals surface area contributed by atoms with Gasteiger partial charge < -0.3 is 9.47 Å². The molecular weight excluding hydrogens is 457 g/mol. The van der Waals surface area contributed by atoms with E-state index in [0.29, 0.717) is 23.8 Å². The molecule has 3 aromatic rings. The molecule has 0 atom stereocenters. The zero-order valence-electron chi connectivity index (χ0n) is 20.7. The molecule has 3 aromatic carbocycles. The number of benzene rings is 3. The number of nitrogens with one attached hydrogen (secondary N) is 1. The van der Waals surface area contributed by atoms with Crippen molar-refractivity contribution in [3.63, 3.8) is 0 Å². The maximum atomic E-state index is 13.1. The summed E-state index contributed by atoms with van der Waals surface area (Å²) in [5.41, 5.74) is 6.41. The van der Waals surface area contributed by atoms with Crippen LogP contribution in [0, 0.1) is 11.7 Å². The topological polar surface area (TPSA) is 63.2 Å². The first-order valence-electron chi connectivity index (χ1n) is 12.2. The fourth-order valence-electron chi connectivity index (χ4n) is 4.24. The molecule has 6 nitrogen and oxygen atoms in total. The third-order valence-corrected chi connectivity index (χ3v) is 6.43. The van der Waals surface area contributed by atoms with Crippen LogP contribution in [0.25, 0.3) is 0 Å². The summed E-state index contributed by atoms with van der Waals surface area (Å²) in [6.07, 6.45) is 1.53. The van der Waals surface area contributed by atoms with Crippen LogP contribution in [0.4, 0.5) is 4.39 Å². The lowest BCUT2D eigenvalue weighted by Crippen LogP contribution is -2.39. The van der Waals surface area contributed by atoms with E-state index < -0.39 is 0 Å². The van der Waals surface area contributed by atoms with Crippen LogP contribution in [0.15, 0.2) is 77.9 Å². The van der Waals surface area contributed by atoms with Crippen LogP contribution >= 0.6 is 0 Å². The largest absolute Gasteiger partial charge is 0.493 e. The molecule has 4 rings (SSSR count). The second kappa shape index (κ2) is 12.3. The van der Waals surface area contributed by atoms with Gasteiger partial charge in [-0.3, -0.25) is 9.69 Å². The van der Waals surface area contributed by atoms with E-state index in [1.54, 1.807) is 7.11 Å².